The number of likely N-dealkylation sites (N-methyl/N-ethyl adjacent to an activating group) is 1. The third-order valence-corrected chi connectivity index (χ3v) is 9.98. The molecule has 5 rings (SSSR count). The molecule has 1 aliphatic heterocycles. The van der Waals surface area contributed by atoms with E-state index >= 15 is 0 Å². The summed E-state index contributed by atoms with van der Waals surface area (Å²) in [5, 5.41) is 2.96. The number of hydrogen-bond acceptors (Lipinski definition) is 5. The number of amides is 2. The molecule has 4 aliphatic rings. The van der Waals surface area contributed by atoms with Gasteiger partial charge in [-0.25, -0.2) is 4.98 Å². The minimum Gasteiger partial charge on any atom is -0.384 e. The predicted molar refractivity (Wildman–Crippen MR) is 130 cm³/mol. The van der Waals surface area contributed by atoms with Gasteiger partial charge in [0.2, 0.25) is 11.8 Å². The molecule has 2 amide bonds. The summed E-state index contributed by atoms with van der Waals surface area (Å²) < 4.78 is 0. The van der Waals surface area contributed by atoms with Gasteiger partial charge in [0.15, 0.2) is 0 Å². The number of carbonyl (C=O) groups is 2. The first-order valence-electron chi connectivity index (χ1n) is 12.4. The van der Waals surface area contributed by atoms with Crippen LogP contribution in [0.3, 0.4) is 0 Å². The zero-order chi connectivity index (χ0) is 23.5. The molecule has 1 aromatic heterocycles. The second kappa shape index (κ2) is 7.74. The van der Waals surface area contributed by atoms with Crippen molar-refractivity contribution in [1.29, 1.82) is 0 Å². The van der Waals surface area contributed by atoms with E-state index in [1.165, 1.54) is 19.3 Å². The number of nitrogen functional groups attached to an aromatic ring is 2. The highest BCUT2D eigenvalue weighted by molar-refractivity contribution is 5.93. The Morgan fingerprint density at radius 1 is 1.15 bits per heavy atom. The van der Waals surface area contributed by atoms with E-state index < -0.39 is 0 Å². The first-order valence-corrected chi connectivity index (χ1v) is 12.4. The van der Waals surface area contributed by atoms with Crippen molar-refractivity contribution in [3.8, 4) is 0 Å². The van der Waals surface area contributed by atoms with Crippen LogP contribution in [0.4, 0.5) is 17.3 Å². The van der Waals surface area contributed by atoms with Crippen LogP contribution in [0.1, 0.15) is 58.8 Å². The van der Waals surface area contributed by atoms with E-state index in [-0.39, 0.29) is 28.5 Å². The van der Waals surface area contributed by atoms with Crippen molar-refractivity contribution in [3.63, 3.8) is 0 Å². The molecule has 2 heterocycles. The Hall–Kier alpha value is -2.57. The van der Waals surface area contributed by atoms with Gasteiger partial charge in [-0.1, -0.05) is 19.9 Å². The van der Waals surface area contributed by atoms with Gasteiger partial charge >= 0.3 is 0 Å². The highest BCUT2D eigenvalue weighted by Gasteiger charge is 2.60. The number of nitrogens with two attached hydrogens (primary N) is 2. The molecule has 0 radical (unpaired) electrons. The minimum atomic E-state index is 0.00768. The van der Waals surface area contributed by atoms with E-state index in [1.807, 2.05) is 11.9 Å². The van der Waals surface area contributed by atoms with Crippen LogP contribution in [0, 0.1) is 34.5 Å². The first-order chi connectivity index (χ1) is 15.6. The van der Waals surface area contributed by atoms with Crippen molar-refractivity contribution in [2.24, 2.45) is 34.5 Å². The number of carbonyl (C=O) groups excluding carboxylic acids is 2. The fourth-order valence-electron chi connectivity index (χ4n) is 8.20. The van der Waals surface area contributed by atoms with Crippen LogP contribution >= 0.6 is 0 Å². The van der Waals surface area contributed by atoms with Crippen LogP contribution in [0.5, 0.6) is 0 Å². The lowest BCUT2D eigenvalue weighted by molar-refractivity contribution is -0.139. The van der Waals surface area contributed by atoms with Crippen LogP contribution in [0.2, 0.25) is 0 Å². The zero-order valence-electron chi connectivity index (χ0n) is 20.0. The summed E-state index contributed by atoms with van der Waals surface area (Å²) in [6.45, 7) is 4.81. The van der Waals surface area contributed by atoms with Crippen LogP contribution in [0.15, 0.2) is 24.3 Å². The maximum atomic E-state index is 12.9. The Bertz CT molecular complexity index is 1010. The summed E-state index contributed by atoms with van der Waals surface area (Å²) in [5.74, 6) is 3.05. The molecule has 1 aromatic rings. The molecule has 7 nitrogen and oxygen atoms in total. The van der Waals surface area contributed by atoms with Crippen molar-refractivity contribution in [2.45, 2.75) is 64.8 Å². The second-order valence-electron chi connectivity index (χ2n) is 11.4. The van der Waals surface area contributed by atoms with Crippen molar-refractivity contribution >= 4 is 29.1 Å². The fourth-order valence-corrected chi connectivity index (χ4v) is 8.20. The lowest BCUT2D eigenvalue weighted by Crippen LogP contribution is -2.59. The van der Waals surface area contributed by atoms with Gasteiger partial charge in [-0.05, 0) is 85.8 Å². The number of anilines is 3. The van der Waals surface area contributed by atoms with Crippen LogP contribution in [-0.2, 0) is 9.59 Å². The van der Waals surface area contributed by atoms with E-state index in [0.717, 1.165) is 19.3 Å². The van der Waals surface area contributed by atoms with Gasteiger partial charge in [0.25, 0.3) is 0 Å². The molecule has 4 unspecified atom stereocenters. The van der Waals surface area contributed by atoms with E-state index in [2.05, 4.69) is 30.2 Å². The summed E-state index contributed by atoms with van der Waals surface area (Å²) in [7, 11) is 1.97. The van der Waals surface area contributed by atoms with Crippen molar-refractivity contribution in [2.75, 3.05) is 23.8 Å². The van der Waals surface area contributed by atoms with E-state index in [4.69, 9.17) is 11.5 Å². The topological polar surface area (TPSA) is 114 Å². The number of rotatable bonds is 3. The maximum absolute atomic E-state index is 12.9. The summed E-state index contributed by atoms with van der Waals surface area (Å²) >= 11 is 0. The molecule has 0 bridgehead atoms. The smallest absolute Gasteiger partial charge is 0.246 e. The molecule has 0 saturated heterocycles. The standard InChI is InChI=1S/C26H37N5O2/c1-25-12-10-18-16(5-8-20-26(18,2)13-11-23(33)31(20)3)17(25)6-4-15(25)14-22(32)29-19-7-9-21(27)30-24(19)28/h7,9,11,13,15-18,20H,4-6,8,10,12,14H2,1-3H3,(H,29,32)(H4,27,28,30)/t15-,16?,17?,18?,20?,25-,26-/m1/s1. The molecule has 5 N–H and O–H groups in total. The number of nitrogens with zero attached hydrogens (tertiary/aromatic N) is 2. The Balaban J connectivity index is 1.31. The summed E-state index contributed by atoms with van der Waals surface area (Å²) in [4.78, 5) is 31.2. The Labute approximate surface area is 196 Å². The van der Waals surface area contributed by atoms with Crippen LogP contribution in [-0.4, -0.2) is 34.8 Å². The molecular formula is C26H37N5O2. The van der Waals surface area contributed by atoms with E-state index in [1.54, 1.807) is 18.2 Å². The van der Waals surface area contributed by atoms with E-state index in [0.29, 0.717) is 47.6 Å². The largest absolute Gasteiger partial charge is 0.384 e. The average Bonchev–Trinajstić information content (AvgIpc) is 3.09. The Morgan fingerprint density at radius 3 is 2.70 bits per heavy atom. The quantitative estimate of drug-likeness (QED) is 0.646. The van der Waals surface area contributed by atoms with Gasteiger partial charge < -0.3 is 21.7 Å². The zero-order valence-corrected chi connectivity index (χ0v) is 20.0. The van der Waals surface area contributed by atoms with Gasteiger partial charge in [-0.15, -0.1) is 0 Å². The predicted octanol–water partition coefficient (Wildman–Crippen LogP) is 3.83. The van der Waals surface area contributed by atoms with Crippen LogP contribution in [0.25, 0.3) is 0 Å². The van der Waals surface area contributed by atoms with Gasteiger partial charge in [0.1, 0.15) is 11.6 Å². The van der Waals surface area contributed by atoms with Gasteiger partial charge in [0, 0.05) is 24.9 Å². The number of aromatic nitrogens is 1. The summed E-state index contributed by atoms with van der Waals surface area (Å²) in [6, 6.07) is 3.68. The van der Waals surface area contributed by atoms with Gasteiger partial charge in [-0.3, -0.25) is 9.59 Å². The highest BCUT2D eigenvalue weighted by Crippen LogP contribution is 2.65. The molecule has 178 valence electrons. The third kappa shape index (κ3) is 3.42. The van der Waals surface area contributed by atoms with E-state index in [9.17, 15) is 9.59 Å². The van der Waals surface area contributed by atoms with Gasteiger partial charge in [-0.2, -0.15) is 0 Å². The third-order valence-electron chi connectivity index (χ3n) is 9.98. The first kappa shape index (κ1) is 22.2. The lowest BCUT2D eigenvalue weighted by Gasteiger charge is -2.60. The second-order valence-corrected chi connectivity index (χ2v) is 11.4. The molecule has 33 heavy (non-hydrogen) atoms. The normalized spacial score (nSPS) is 39.5. The average molecular weight is 452 g/mol. The Morgan fingerprint density at radius 2 is 1.94 bits per heavy atom. The van der Waals surface area contributed by atoms with Crippen molar-refractivity contribution < 1.29 is 9.59 Å². The highest BCUT2D eigenvalue weighted by atomic mass is 16.2. The number of pyridine rings is 1. The summed E-state index contributed by atoms with van der Waals surface area (Å²) in [6.07, 6.45) is 11.4. The molecule has 3 saturated carbocycles. The van der Waals surface area contributed by atoms with Gasteiger partial charge in [0.05, 0.1) is 5.69 Å². The number of hydrogen-bond donors (Lipinski definition) is 3. The molecule has 0 aromatic carbocycles. The molecule has 7 heteroatoms. The number of nitrogens with one attached hydrogen (secondary N) is 1. The molecular weight excluding hydrogens is 414 g/mol. The molecule has 0 spiro atoms. The maximum Gasteiger partial charge on any atom is 0.246 e. The Kier molecular flexibility index (Phi) is 5.22. The lowest BCUT2D eigenvalue weighted by atomic mass is 9.47. The summed E-state index contributed by atoms with van der Waals surface area (Å²) in [5.41, 5.74) is 12.4. The van der Waals surface area contributed by atoms with Crippen molar-refractivity contribution in [1.82, 2.24) is 9.88 Å². The minimum absolute atomic E-state index is 0.00768. The molecule has 3 fully saturated rings. The molecule has 7 atom stereocenters. The fraction of sp³-hybridized carbons (Fsp3) is 0.654. The molecule has 3 aliphatic carbocycles. The van der Waals surface area contributed by atoms with Crippen LogP contribution < -0.4 is 16.8 Å². The monoisotopic (exact) mass is 451 g/mol. The number of fused-ring (bicyclic) bond motifs is 5. The van der Waals surface area contributed by atoms with Crippen molar-refractivity contribution in [3.05, 3.63) is 24.3 Å². The SMILES string of the molecule is CN1C(=O)C=C[C@]2(C)C3CC[C@@]4(C)C(CC[C@@H]4CC(=O)Nc4ccc(N)nc4N)C3CCC12.